The summed E-state index contributed by atoms with van der Waals surface area (Å²) in [5.41, 5.74) is 7.17. The van der Waals surface area contributed by atoms with Gasteiger partial charge in [-0.15, -0.1) is 0 Å². The summed E-state index contributed by atoms with van der Waals surface area (Å²) in [6.45, 7) is 0.968. The zero-order chi connectivity index (χ0) is 11.2. The molecular weight excluding hydrogens is 206 g/mol. The van der Waals surface area contributed by atoms with Gasteiger partial charge in [0.05, 0.1) is 6.04 Å². The lowest BCUT2D eigenvalue weighted by Crippen LogP contribution is -2.29. The van der Waals surface area contributed by atoms with Gasteiger partial charge in [-0.2, -0.15) is 5.10 Å². The zero-order valence-electron chi connectivity index (χ0n) is 8.60. The Morgan fingerprint density at radius 1 is 1.44 bits per heavy atom. The van der Waals surface area contributed by atoms with Crippen molar-refractivity contribution in [2.75, 3.05) is 6.54 Å². The molecule has 6 heteroatoms. The molecule has 2 aliphatic heterocycles. The minimum absolute atomic E-state index is 0.164. The summed E-state index contributed by atoms with van der Waals surface area (Å²) in [6, 6.07) is 3.46. The normalized spacial score (nSPS) is 20.8. The van der Waals surface area contributed by atoms with E-state index in [9.17, 15) is 4.79 Å². The van der Waals surface area contributed by atoms with Crippen molar-refractivity contribution in [2.24, 2.45) is 0 Å². The second-order valence-corrected chi connectivity index (χ2v) is 3.32. The highest BCUT2D eigenvalue weighted by Crippen LogP contribution is 2.05. The van der Waals surface area contributed by atoms with E-state index >= 15 is 0 Å². The molecule has 1 fully saturated rings. The Morgan fingerprint density at radius 3 is 3.00 bits per heavy atom. The van der Waals surface area contributed by atoms with Crippen molar-refractivity contribution in [3.05, 3.63) is 52.7 Å². The fraction of sp³-hybridized carbons (Fsp3) is 0.200. The first-order chi connectivity index (χ1) is 7.86. The maximum Gasteiger partial charge on any atom is 0.264 e. The van der Waals surface area contributed by atoms with Gasteiger partial charge in [0.15, 0.2) is 0 Å². The highest BCUT2D eigenvalue weighted by Gasteiger charge is 2.18. The molecule has 0 radical (unpaired) electrons. The Labute approximate surface area is 92.4 Å². The van der Waals surface area contributed by atoms with Crippen LogP contribution in [0.15, 0.2) is 47.2 Å². The Hall–Kier alpha value is -2.08. The third kappa shape index (κ3) is 2.71. The van der Waals surface area contributed by atoms with Crippen LogP contribution in [0.4, 0.5) is 0 Å². The van der Waals surface area contributed by atoms with Crippen LogP contribution in [0, 0.1) is 0 Å². The van der Waals surface area contributed by atoms with Crippen LogP contribution >= 0.6 is 0 Å². The second kappa shape index (κ2) is 5.13. The molecule has 0 aromatic carbocycles. The van der Waals surface area contributed by atoms with Gasteiger partial charge in [-0.05, 0) is 24.4 Å². The van der Waals surface area contributed by atoms with Crippen LogP contribution in [0.5, 0.6) is 0 Å². The van der Waals surface area contributed by atoms with E-state index in [0.717, 1.165) is 6.54 Å². The van der Waals surface area contributed by atoms with Crippen molar-refractivity contribution in [1.82, 2.24) is 26.4 Å². The Balaban J connectivity index is 0.000000125. The zero-order valence-corrected chi connectivity index (χ0v) is 8.60. The molecule has 4 N–H and O–H groups in total. The van der Waals surface area contributed by atoms with E-state index < -0.39 is 0 Å². The number of allylic oxidation sites excluding steroid dienone is 2. The summed E-state index contributed by atoms with van der Waals surface area (Å²) in [5.74, 6) is 0. The SMILES string of the molecule is C1=CNC2CNNC2=C1.O=c1cccn[nH]1. The third-order valence-corrected chi connectivity index (χ3v) is 2.17. The molecule has 0 aliphatic carbocycles. The molecular formula is C10H13N5O. The van der Waals surface area contributed by atoms with Crippen molar-refractivity contribution in [3.8, 4) is 0 Å². The topological polar surface area (TPSA) is 81.8 Å². The second-order valence-electron chi connectivity index (χ2n) is 3.32. The number of nitrogens with one attached hydrogen (secondary N) is 4. The van der Waals surface area contributed by atoms with E-state index in [1.807, 2.05) is 12.3 Å². The summed E-state index contributed by atoms with van der Waals surface area (Å²) in [5, 5.41) is 8.88. The van der Waals surface area contributed by atoms with E-state index in [4.69, 9.17) is 0 Å². The van der Waals surface area contributed by atoms with Gasteiger partial charge < -0.3 is 10.7 Å². The largest absolute Gasteiger partial charge is 0.381 e. The van der Waals surface area contributed by atoms with Crippen LogP contribution in [0.2, 0.25) is 0 Å². The van der Waals surface area contributed by atoms with Crippen molar-refractivity contribution in [1.29, 1.82) is 0 Å². The number of hydrazine groups is 1. The quantitative estimate of drug-likeness (QED) is 0.461. The van der Waals surface area contributed by atoms with Gasteiger partial charge in [0.25, 0.3) is 5.56 Å². The lowest BCUT2D eigenvalue weighted by atomic mass is 10.2. The van der Waals surface area contributed by atoms with Crippen LogP contribution in [-0.2, 0) is 0 Å². The van der Waals surface area contributed by atoms with E-state index in [1.165, 1.54) is 18.0 Å². The highest BCUT2D eigenvalue weighted by atomic mass is 16.1. The van der Waals surface area contributed by atoms with Crippen molar-refractivity contribution < 1.29 is 0 Å². The monoisotopic (exact) mass is 219 g/mol. The lowest BCUT2D eigenvalue weighted by Gasteiger charge is -2.12. The molecule has 0 bridgehead atoms. The van der Waals surface area contributed by atoms with Crippen LogP contribution in [0.1, 0.15) is 0 Å². The van der Waals surface area contributed by atoms with Gasteiger partial charge in [0.2, 0.25) is 0 Å². The predicted octanol–water partition coefficient (Wildman–Crippen LogP) is -0.766. The molecule has 0 amide bonds. The van der Waals surface area contributed by atoms with Gasteiger partial charge in [-0.1, -0.05) is 0 Å². The number of aromatic nitrogens is 2. The summed E-state index contributed by atoms with van der Waals surface area (Å²) in [6.07, 6.45) is 7.54. The van der Waals surface area contributed by atoms with Crippen molar-refractivity contribution in [2.45, 2.75) is 6.04 Å². The number of H-pyrrole nitrogens is 1. The third-order valence-electron chi connectivity index (χ3n) is 2.17. The number of hydrogen-bond donors (Lipinski definition) is 4. The van der Waals surface area contributed by atoms with Crippen LogP contribution in [-0.4, -0.2) is 22.8 Å². The Kier molecular flexibility index (Phi) is 3.35. The first kappa shape index (κ1) is 10.4. The molecule has 1 atom stereocenters. The molecule has 6 nitrogen and oxygen atoms in total. The smallest absolute Gasteiger partial charge is 0.264 e. The van der Waals surface area contributed by atoms with E-state index in [-0.39, 0.29) is 5.56 Å². The molecule has 2 aliphatic rings. The molecule has 3 rings (SSSR count). The van der Waals surface area contributed by atoms with Gasteiger partial charge in [-0.3, -0.25) is 4.79 Å². The highest BCUT2D eigenvalue weighted by molar-refractivity contribution is 5.23. The molecule has 84 valence electrons. The molecule has 3 heterocycles. The van der Waals surface area contributed by atoms with Gasteiger partial charge in [-0.25, -0.2) is 10.5 Å². The minimum atomic E-state index is -0.164. The number of hydrogen-bond acceptors (Lipinski definition) is 5. The number of dihydropyridines is 1. The van der Waals surface area contributed by atoms with Crippen LogP contribution < -0.4 is 21.7 Å². The van der Waals surface area contributed by atoms with Gasteiger partial charge in [0.1, 0.15) is 0 Å². The van der Waals surface area contributed by atoms with Crippen LogP contribution in [0.25, 0.3) is 0 Å². The molecule has 1 aromatic heterocycles. The lowest BCUT2D eigenvalue weighted by molar-refractivity contribution is 0.676. The number of rotatable bonds is 0. The standard InChI is InChI=1S/C6H9N3.C4H4N2O/c1-2-5-6(7-3-1)4-8-9-5;7-4-2-1-3-5-6-4/h1-3,6-9H,4H2;1-3H,(H,6,7). The summed E-state index contributed by atoms with van der Waals surface area (Å²) in [7, 11) is 0. The van der Waals surface area contributed by atoms with Crippen molar-refractivity contribution >= 4 is 0 Å². The minimum Gasteiger partial charge on any atom is -0.381 e. The first-order valence-electron chi connectivity index (χ1n) is 4.97. The average Bonchev–Trinajstić information content (AvgIpc) is 2.79. The summed E-state index contributed by atoms with van der Waals surface area (Å²) >= 11 is 0. The molecule has 0 saturated carbocycles. The van der Waals surface area contributed by atoms with Gasteiger partial charge >= 0.3 is 0 Å². The molecule has 0 spiro atoms. The van der Waals surface area contributed by atoms with Crippen LogP contribution in [0.3, 0.4) is 0 Å². The average molecular weight is 219 g/mol. The number of nitrogens with zero attached hydrogens (tertiary/aromatic N) is 1. The first-order valence-corrected chi connectivity index (χ1v) is 4.97. The molecule has 16 heavy (non-hydrogen) atoms. The summed E-state index contributed by atoms with van der Waals surface area (Å²) < 4.78 is 0. The Morgan fingerprint density at radius 2 is 2.38 bits per heavy atom. The molecule has 1 aromatic rings. The van der Waals surface area contributed by atoms with E-state index in [2.05, 4.69) is 32.4 Å². The van der Waals surface area contributed by atoms with Crippen molar-refractivity contribution in [3.63, 3.8) is 0 Å². The maximum absolute atomic E-state index is 10.2. The number of fused-ring (bicyclic) bond motifs is 1. The fourth-order valence-corrected chi connectivity index (χ4v) is 1.39. The molecule has 1 saturated heterocycles. The van der Waals surface area contributed by atoms with Gasteiger partial charge in [0, 0.05) is 24.5 Å². The summed E-state index contributed by atoms with van der Waals surface area (Å²) in [4.78, 5) is 10.2. The molecule has 1 unspecified atom stereocenters. The maximum atomic E-state index is 10.2. The Bertz CT molecular complexity index is 433. The van der Waals surface area contributed by atoms with E-state index in [1.54, 1.807) is 6.07 Å². The number of aromatic amines is 1. The van der Waals surface area contributed by atoms with E-state index in [0.29, 0.717) is 6.04 Å². The fourth-order valence-electron chi connectivity index (χ4n) is 1.39. The predicted molar refractivity (Wildman–Crippen MR) is 60.1 cm³/mol.